The maximum atomic E-state index is 6.59. The first kappa shape index (κ1) is 13.4. The molecule has 1 atom stereocenters. The van der Waals surface area contributed by atoms with Gasteiger partial charge in [0, 0.05) is 11.5 Å². The van der Waals surface area contributed by atoms with Gasteiger partial charge in [0.25, 0.3) is 0 Å². The first-order valence-corrected chi connectivity index (χ1v) is 7.66. The zero-order chi connectivity index (χ0) is 13.8. The molecule has 1 saturated carbocycles. The van der Waals surface area contributed by atoms with Crippen LogP contribution in [-0.2, 0) is 11.8 Å². The highest BCUT2D eigenvalue weighted by molar-refractivity contribution is 5.30. The van der Waals surface area contributed by atoms with Gasteiger partial charge >= 0.3 is 0 Å². The van der Waals surface area contributed by atoms with Crippen LogP contribution >= 0.6 is 0 Å². The third-order valence-electron chi connectivity index (χ3n) is 4.89. The third-order valence-corrected chi connectivity index (χ3v) is 4.89. The van der Waals surface area contributed by atoms with Gasteiger partial charge in [-0.3, -0.25) is 0 Å². The molecule has 2 N–H and O–H groups in total. The zero-order valence-electron chi connectivity index (χ0n) is 12.0. The first-order valence-electron chi connectivity index (χ1n) is 7.66. The SMILES string of the molecule is NC(CCc1ccccc1)C1(c2ccccc2)CCC1. The van der Waals surface area contributed by atoms with E-state index in [4.69, 9.17) is 5.73 Å². The Morgan fingerprint density at radius 1 is 0.900 bits per heavy atom. The zero-order valence-corrected chi connectivity index (χ0v) is 12.0. The van der Waals surface area contributed by atoms with E-state index < -0.39 is 0 Å². The van der Waals surface area contributed by atoms with E-state index in [1.807, 2.05) is 0 Å². The van der Waals surface area contributed by atoms with E-state index in [-0.39, 0.29) is 11.5 Å². The fourth-order valence-corrected chi connectivity index (χ4v) is 3.44. The predicted octanol–water partition coefficient (Wildman–Crippen LogP) is 4.07. The van der Waals surface area contributed by atoms with Crippen molar-refractivity contribution in [3.63, 3.8) is 0 Å². The van der Waals surface area contributed by atoms with E-state index in [1.54, 1.807) is 0 Å². The van der Waals surface area contributed by atoms with Crippen molar-refractivity contribution >= 4 is 0 Å². The summed E-state index contributed by atoms with van der Waals surface area (Å²) in [6.45, 7) is 0. The minimum absolute atomic E-state index is 0.232. The van der Waals surface area contributed by atoms with E-state index in [0.717, 1.165) is 12.8 Å². The highest BCUT2D eigenvalue weighted by atomic mass is 14.7. The van der Waals surface area contributed by atoms with Crippen LogP contribution in [0.2, 0.25) is 0 Å². The molecular formula is C19H23N. The Kier molecular flexibility index (Phi) is 3.88. The minimum Gasteiger partial charge on any atom is -0.327 e. The van der Waals surface area contributed by atoms with Gasteiger partial charge in [0.2, 0.25) is 0 Å². The highest BCUT2D eigenvalue weighted by Crippen LogP contribution is 2.46. The Hall–Kier alpha value is -1.60. The van der Waals surface area contributed by atoms with Crippen LogP contribution in [0.5, 0.6) is 0 Å². The summed E-state index contributed by atoms with van der Waals surface area (Å²) >= 11 is 0. The lowest BCUT2D eigenvalue weighted by Crippen LogP contribution is -2.50. The number of nitrogens with two attached hydrogens (primary N) is 1. The summed E-state index contributed by atoms with van der Waals surface area (Å²) in [5.41, 5.74) is 9.66. The van der Waals surface area contributed by atoms with E-state index in [9.17, 15) is 0 Å². The normalized spacial score (nSPS) is 18.2. The summed E-state index contributed by atoms with van der Waals surface area (Å²) in [5.74, 6) is 0. The number of hydrogen-bond acceptors (Lipinski definition) is 1. The molecule has 0 aromatic heterocycles. The molecule has 0 saturated heterocycles. The van der Waals surface area contributed by atoms with Crippen LogP contribution in [0.25, 0.3) is 0 Å². The summed E-state index contributed by atoms with van der Waals surface area (Å²) < 4.78 is 0. The maximum absolute atomic E-state index is 6.59. The number of hydrogen-bond donors (Lipinski definition) is 1. The molecule has 0 radical (unpaired) electrons. The standard InChI is InChI=1S/C19H23N/c20-18(13-12-16-8-3-1-4-9-16)19(14-7-15-19)17-10-5-2-6-11-17/h1-6,8-11,18H,7,12-15,20H2. The quantitative estimate of drug-likeness (QED) is 0.866. The molecule has 0 bridgehead atoms. The fourth-order valence-electron chi connectivity index (χ4n) is 3.44. The van der Waals surface area contributed by atoms with Crippen molar-refractivity contribution < 1.29 is 0 Å². The first-order chi connectivity index (χ1) is 9.81. The van der Waals surface area contributed by atoms with Gasteiger partial charge in [-0.15, -0.1) is 0 Å². The third kappa shape index (κ3) is 2.51. The van der Waals surface area contributed by atoms with Gasteiger partial charge in [-0.1, -0.05) is 67.1 Å². The molecule has 1 aliphatic carbocycles. The average Bonchev–Trinajstić information content (AvgIpc) is 2.46. The average molecular weight is 265 g/mol. The van der Waals surface area contributed by atoms with Crippen molar-refractivity contribution in [2.24, 2.45) is 5.73 Å². The Balaban J connectivity index is 1.70. The van der Waals surface area contributed by atoms with Crippen LogP contribution in [0.1, 0.15) is 36.8 Å². The van der Waals surface area contributed by atoms with Crippen molar-refractivity contribution in [1.82, 2.24) is 0 Å². The molecule has 1 heteroatoms. The highest BCUT2D eigenvalue weighted by Gasteiger charge is 2.43. The second-order valence-electron chi connectivity index (χ2n) is 6.01. The number of aryl methyl sites for hydroxylation is 1. The summed E-state index contributed by atoms with van der Waals surface area (Å²) in [7, 11) is 0. The van der Waals surface area contributed by atoms with Crippen molar-refractivity contribution in [1.29, 1.82) is 0 Å². The van der Waals surface area contributed by atoms with E-state index in [0.29, 0.717) is 0 Å². The van der Waals surface area contributed by atoms with Gasteiger partial charge in [0.1, 0.15) is 0 Å². The van der Waals surface area contributed by atoms with Gasteiger partial charge in [0.05, 0.1) is 0 Å². The minimum atomic E-state index is 0.232. The monoisotopic (exact) mass is 265 g/mol. The smallest absolute Gasteiger partial charge is 0.0139 e. The van der Waals surface area contributed by atoms with Gasteiger partial charge in [0.15, 0.2) is 0 Å². The predicted molar refractivity (Wildman–Crippen MR) is 84.7 cm³/mol. The second-order valence-corrected chi connectivity index (χ2v) is 6.01. The van der Waals surface area contributed by atoms with Crippen LogP contribution in [0.15, 0.2) is 60.7 Å². The molecule has 3 rings (SSSR count). The van der Waals surface area contributed by atoms with Crippen molar-refractivity contribution in [2.45, 2.75) is 43.6 Å². The Morgan fingerprint density at radius 2 is 1.50 bits per heavy atom. The summed E-state index contributed by atoms with van der Waals surface area (Å²) in [4.78, 5) is 0. The van der Waals surface area contributed by atoms with Crippen LogP contribution in [-0.4, -0.2) is 6.04 Å². The molecule has 2 aromatic carbocycles. The molecule has 20 heavy (non-hydrogen) atoms. The van der Waals surface area contributed by atoms with Crippen molar-refractivity contribution in [3.8, 4) is 0 Å². The van der Waals surface area contributed by atoms with Gasteiger partial charge < -0.3 is 5.73 Å². The van der Waals surface area contributed by atoms with E-state index in [2.05, 4.69) is 60.7 Å². The second kappa shape index (κ2) is 5.80. The van der Waals surface area contributed by atoms with Crippen LogP contribution in [0.4, 0.5) is 0 Å². The summed E-state index contributed by atoms with van der Waals surface area (Å²) in [5, 5.41) is 0. The lowest BCUT2D eigenvalue weighted by atomic mass is 9.59. The molecule has 0 amide bonds. The van der Waals surface area contributed by atoms with Crippen LogP contribution in [0, 0.1) is 0 Å². The van der Waals surface area contributed by atoms with Gasteiger partial charge in [-0.05, 0) is 36.8 Å². The lowest BCUT2D eigenvalue weighted by molar-refractivity contribution is 0.188. The molecule has 104 valence electrons. The molecule has 0 aliphatic heterocycles. The summed E-state index contributed by atoms with van der Waals surface area (Å²) in [6, 6.07) is 21.8. The maximum Gasteiger partial charge on any atom is 0.0139 e. The van der Waals surface area contributed by atoms with Crippen LogP contribution < -0.4 is 5.73 Å². The molecule has 1 unspecified atom stereocenters. The Labute approximate surface area is 121 Å². The van der Waals surface area contributed by atoms with E-state index >= 15 is 0 Å². The summed E-state index contributed by atoms with van der Waals surface area (Å²) in [6.07, 6.45) is 5.95. The molecule has 0 heterocycles. The lowest BCUT2D eigenvalue weighted by Gasteiger charge is -2.47. The Morgan fingerprint density at radius 3 is 2.05 bits per heavy atom. The fraction of sp³-hybridized carbons (Fsp3) is 0.368. The van der Waals surface area contributed by atoms with Gasteiger partial charge in [-0.25, -0.2) is 0 Å². The van der Waals surface area contributed by atoms with Crippen LogP contribution in [0.3, 0.4) is 0 Å². The topological polar surface area (TPSA) is 26.0 Å². The molecule has 1 fully saturated rings. The molecule has 1 aliphatic rings. The molecule has 1 nitrogen and oxygen atoms in total. The van der Waals surface area contributed by atoms with Gasteiger partial charge in [-0.2, -0.15) is 0 Å². The van der Waals surface area contributed by atoms with Crippen molar-refractivity contribution in [3.05, 3.63) is 71.8 Å². The largest absolute Gasteiger partial charge is 0.327 e. The van der Waals surface area contributed by atoms with E-state index in [1.165, 1.54) is 30.4 Å². The molecular weight excluding hydrogens is 242 g/mol. The molecule has 2 aromatic rings. The Bertz CT molecular complexity index is 528. The number of benzene rings is 2. The number of rotatable bonds is 5. The van der Waals surface area contributed by atoms with Crippen molar-refractivity contribution in [2.75, 3.05) is 0 Å². The molecule has 0 spiro atoms.